The van der Waals surface area contributed by atoms with Gasteiger partial charge < -0.3 is 4.90 Å². The molecule has 3 aromatic carbocycles. The summed E-state index contributed by atoms with van der Waals surface area (Å²) in [7, 11) is 0. The molecule has 0 spiro atoms. The summed E-state index contributed by atoms with van der Waals surface area (Å²) >= 11 is 0. The van der Waals surface area contributed by atoms with Crippen LogP contribution in [-0.2, 0) is 0 Å². The van der Waals surface area contributed by atoms with E-state index in [0.29, 0.717) is 12.0 Å². The molecule has 0 fully saturated rings. The molecule has 0 bridgehead atoms. The molecule has 0 radical (unpaired) electrons. The fourth-order valence-corrected chi connectivity index (χ4v) is 3.63. The molecule has 23 heavy (non-hydrogen) atoms. The Bertz CT molecular complexity index is 899. The summed E-state index contributed by atoms with van der Waals surface area (Å²) < 4.78 is 0. The number of benzene rings is 3. The van der Waals surface area contributed by atoms with Crippen LogP contribution in [0.15, 0.2) is 60.7 Å². The first-order valence-corrected chi connectivity index (χ1v) is 8.06. The lowest BCUT2D eigenvalue weighted by Crippen LogP contribution is -2.25. The molecule has 1 aliphatic rings. The van der Waals surface area contributed by atoms with Crippen LogP contribution < -0.4 is 4.90 Å². The van der Waals surface area contributed by atoms with Crippen LogP contribution in [-0.4, -0.2) is 12.3 Å². The smallest absolute Gasteiger partial charge is 0.150 e. The second kappa shape index (κ2) is 5.24. The van der Waals surface area contributed by atoms with E-state index in [1.54, 1.807) is 0 Å². The molecular weight excluding hydrogens is 282 g/mol. The predicted octanol–water partition coefficient (Wildman–Crippen LogP) is 5.30. The lowest BCUT2D eigenvalue weighted by atomic mass is 9.97. The van der Waals surface area contributed by atoms with Crippen molar-refractivity contribution in [1.29, 1.82) is 0 Å². The summed E-state index contributed by atoms with van der Waals surface area (Å²) in [5, 5.41) is 2.51. The zero-order chi connectivity index (χ0) is 16.0. The number of hydrogen-bond acceptors (Lipinski definition) is 2. The van der Waals surface area contributed by atoms with Crippen LogP contribution >= 0.6 is 0 Å². The van der Waals surface area contributed by atoms with Crippen molar-refractivity contribution in [2.75, 3.05) is 4.90 Å². The minimum absolute atomic E-state index is 0.369. The molecule has 0 N–H and O–H groups in total. The maximum Gasteiger partial charge on any atom is 0.150 e. The van der Waals surface area contributed by atoms with E-state index in [2.05, 4.69) is 67.3 Å². The van der Waals surface area contributed by atoms with Crippen molar-refractivity contribution in [3.63, 3.8) is 0 Å². The lowest BCUT2D eigenvalue weighted by Gasteiger charge is -2.27. The Kier molecular flexibility index (Phi) is 3.19. The van der Waals surface area contributed by atoms with Gasteiger partial charge in [-0.05, 0) is 53.6 Å². The van der Waals surface area contributed by atoms with Gasteiger partial charge in [0, 0.05) is 28.9 Å². The fourth-order valence-electron chi connectivity index (χ4n) is 3.63. The van der Waals surface area contributed by atoms with E-state index < -0.39 is 0 Å². The summed E-state index contributed by atoms with van der Waals surface area (Å²) in [6.45, 7) is 4.49. The van der Waals surface area contributed by atoms with Crippen LogP contribution in [0, 0.1) is 0 Å². The molecule has 0 saturated carbocycles. The number of fused-ring (bicyclic) bond motifs is 2. The topological polar surface area (TPSA) is 20.3 Å². The third-order valence-electron chi connectivity index (χ3n) is 5.08. The first-order chi connectivity index (χ1) is 11.2. The summed E-state index contributed by atoms with van der Waals surface area (Å²) in [5.74, 6) is 0.399. The quantitative estimate of drug-likeness (QED) is 0.599. The van der Waals surface area contributed by atoms with Gasteiger partial charge in [0.2, 0.25) is 0 Å². The normalized spacial score (nSPS) is 19.8. The minimum atomic E-state index is 0.369. The van der Waals surface area contributed by atoms with Crippen molar-refractivity contribution in [2.45, 2.75) is 25.8 Å². The van der Waals surface area contributed by atoms with Gasteiger partial charge in [-0.3, -0.25) is 4.79 Å². The molecule has 4 rings (SSSR count). The van der Waals surface area contributed by atoms with Crippen LogP contribution in [0.1, 0.15) is 35.7 Å². The molecule has 3 aromatic rings. The highest BCUT2D eigenvalue weighted by Crippen LogP contribution is 2.45. The number of carbonyl (C=O) groups excluding carboxylic acids is 1. The van der Waals surface area contributed by atoms with Gasteiger partial charge in [0.25, 0.3) is 0 Å². The highest BCUT2D eigenvalue weighted by molar-refractivity contribution is 5.88. The van der Waals surface area contributed by atoms with Crippen molar-refractivity contribution in [3.05, 3.63) is 71.8 Å². The second-order valence-corrected chi connectivity index (χ2v) is 6.37. The molecule has 114 valence electrons. The Balaban J connectivity index is 1.86. The van der Waals surface area contributed by atoms with Gasteiger partial charge in [-0.2, -0.15) is 0 Å². The van der Waals surface area contributed by atoms with E-state index in [4.69, 9.17) is 0 Å². The van der Waals surface area contributed by atoms with Gasteiger partial charge in [-0.15, -0.1) is 0 Å². The fraction of sp³-hybridized carbons (Fsp3) is 0.190. The van der Waals surface area contributed by atoms with Gasteiger partial charge in [0.1, 0.15) is 6.29 Å². The van der Waals surface area contributed by atoms with Gasteiger partial charge in [-0.25, -0.2) is 0 Å². The van der Waals surface area contributed by atoms with Gasteiger partial charge >= 0.3 is 0 Å². The summed E-state index contributed by atoms with van der Waals surface area (Å²) in [6, 6.07) is 21.4. The predicted molar refractivity (Wildman–Crippen MR) is 95.8 cm³/mol. The molecule has 2 atom stereocenters. The maximum atomic E-state index is 11.1. The molecule has 1 aliphatic heterocycles. The first kappa shape index (κ1) is 14.0. The lowest BCUT2D eigenvalue weighted by molar-refractivity contribution is 0.112. The van der Waals surface area contributed by atoms with E-state index in [-0.39, 0.29) is 0 Å². The molecule has 1 heterocycles. The Morgan fingerprint density at radius 2 is 1.70 bits per heavy atom. The number of rotatable bonds is 2. The zero-order valence-corrected chi connectivity index (χ0v) is 13.4. The summed E-state index contributed by atoms with van der Waals surface area (Å²) in [4.78, 5) is 13.5. The SMILES string of the molecule is CC1c2cc(C=O)ccc2N(c2ccc3ccccc3c2)C1C. The average molecular weight is 301 g/mol. The average Bonchev–Trinajstić information content (AvgIpc) is 2.85. The largest absolute Gasteiger partial charge is 0.338 e. The minimum Gasteiger partial charge on any atom is -0.338 e. The van der Waals surface area contributed by atoms with Crippen molar-refractivity contribution < 1.29 is 4.79 Å². The molecule has 0 aromatic heterocycles. The summed E-state index contributed by atoms with van der Waals surface area (Å²) in [6.07, 6.45) is 0.927. The van der Waals surface area contributed by atoms with E-state index in [9.17, 15) is 4.79 Å². The molecule has 2 heteroatoms. The Labute approximate surface area is 136 Å². The number of aldehydes is 1. The highest BCUT2D eigenvalue weighted by atomic mass is 16.1. The van der Waals surface area contributed by atoms with Crippen molar-refractivity contribution in [2.24, 2.45) is 0 Å². The number of hydrogen-bond donors (Lipinski definition) is 0. The molecule has 2 nitrogen and oxygen atoms in total. The van der Waals surface area contributed by atoms with E-state index >= 15 is 0 Å². The molecule has 0 aliphatic carbocycles. The summed E-state index contributed by atoms with van der Waals surface area (Å²) in [5.41, 5.74) is 4.44. The molecule has 0 saturated heterocycles. The number of carbonyl (C=O) groups is 1. The van der Waals surface area contributed by atoms with Gasteiger partial charge in [0.15, 0.2) is 0 Å². The second-order valence-electron chi connectivity index (χ2n) is 6.37. The Morgan fingerprint density at radius 1 is 0.913 bits per heavy atom. The third-order valence-corrected chi connectivity index (χ3v) is 5.08. The van der Waals surface area contributed by atoms with Crippen LogP contribution in [0.3, 0.4) is 0 Å². The van der Waals surface area contributed by atoms with E-state index in [0.717, 1.165) is 11.8 Å². The van der Waals surface area contributed by atoms with Crippen LogP contribution in [0.5, 0.6) is 0 Å². The van der Waals surface area contributed by atoms with Crippen molar-refractivity contribution >= 4 is 28.4 Å². The van der Waals surface area contributed by atoms with E-state index in [1.807, 2.05) is 12.1 Å². The molecule has 2 unspecified atom stereocenters. The van der Waals surface area contributed by atoms with Crippen molar-refractivity contribution in [3.8, 4) is 0 Å². The van der Waals surface area contributed by atoms with Crippen molar-refractivity contribution in [1.82, 2.24) is 0 Å². The molecular formula is C21H19NO. The number of nitrogens with zero attached hydrogens (tertiary/aromatic N) is 1. The first-order valence-electron chi connectivity index (χ1n) is 8.06. The van der Waals surface area contributed by atoms with Gasteiger partial charge in [-0.1, -0.05) is 37.3 Å². The van der Waals surface area contributed by atoms with Crippen LogP contribution in [0.25, 0.3) is 10.8 Å². The third kappa shape index (κ3) is 2.14. The highest BCUT2D eigenvalue weighted by Gasteiger charge is 2.33. The van der Waals surface area contributed by atoms with Crippen LogP contribution in [0.4, 0.5) is 11.4 Å². The zero-order valence-electron chi connectivity index (χ0n) is 13.4. The Morgan fingerprint density at radius 3 is 2.48 bits per heavy atom. The number of anilines is 2. The van der Waals surface area contributed by atoms with Gasteiger partial charge in [0.05, 0.1) is 0 Å². The molecule has 0 amide bonds. The van der Waals surface area contributed by atoms with Crippen LogP contribution in [0.2, 0.25) is 0 Å². The maximum absolute atomic E-state index is 11.1. The standard InChI is InChI=1S/C21H19NO/c1-14-15(2)22(21-10-7-16(13-23)11-20(14)21)19-9-8-17-5-3-4-6-18(17)12-19/h3-15H,1-2H3. The van der Waals surface area contributed by atoms with E-state index in [1.165, 1.54) is 27.7 Å². The Hall–Kier alpha value is -2.61. The monoisotopic (exact) mass is 301 g/mol.